The third-order valence-corrected chi connectivity index (χ3v) is 7.94. The van der Waals surface area contributed by atoms with Crippen LogP contribution < -0.4 is 10.6 Å². The molecule has 35 heavy (non-hydrogen) atoms. The van der Waals surface area contributed by atoms with Gasteiger partial charge in [-0.2, -0.15) is 8.42 Å². The zero-order valence-corrected chi connectivity index (χ0v) is 20.1. The van der Waals surface area contributed by atoms with Crippen molar-refractivity contribution < 1.29 is 22.2 Å². The van der Waals surface area contributed by atoms with E-state index in [0.717, 1.165) is 50.3 Å². The lowest BCUT2D eigenvalue weighted by Crippen LogP contribution is -2.46. The van der Waals surface area contributed by atoms with E-state index in [1.165, 1.54) is 6.07 Å². The van der Waals surface area contributed by atoms with Crippen LogP contribution in [0.4, 0.5) is 4.39 Å². The highest BCUT2D eigenvalue weighted by atomic mass is 32.2. The van der Waals surface area contributed by atoms with Crippen LogP contribution in [0, 0.1) is 5.82 Å². The van der Waals surface area contributed by atoms with E-state index in [2.05, 4.69) is 15.5 Å². The Bertz CT molecular complexity index is 1250. The molecular formula is C25H29FN4O4S. The maximum absolute atomic E-state index is 13.8. The van der Waals surface area contributed by atoms with Crippen molar-refractivity contribution in [3.05, 3.63) is 81.9 Å². The molecule has 2 saturated heterocycles. The van der Waals surface area contributed by atoms with Gasteiger partial charge in [0.25, 0.3) is 16.0 Å². The minimum atomic E-state index is -4.63. The number of hydrogen-bond donors (Lipinski definition) is 3. The second-order valence-corrected chi connectivity index (χ2v) is 10.6. The average Bonchev–Trinajstić information content (AvgIpc) is 3.25. The van der Waals surface area contributed by atoms with Crippen LogP contribution in [0.3, 0.4) is 0 Å². The van der Waals surface area contributed by atoms with Gasteiger partial charge in [0, 0.05) is 25.7 Å². The van der Waals surface area contributed by atoms with Crippen molar-refractivity contribution in [2.24, 2.45) is 0 Å². The summed E-state index contributed by atoms with van der Waals surface area (Å²) in [5.41, 5.74) is 1.02. The van der Waals surface area contributed by atoms with E-state index < -0.39 is 16.0 Å². The molecule has 0 spiro atoms. The third kappa shape index (κ3) is 4.91. The summed E-state index contributed by atoms with van der Waals surface area (Å²) in [4.78, 5) is 16.9. The summed E-state index contributed by atoms with van der Waals surface area (Å²) in [5.74, 6) is 0.0866. The zero-order valence-electron chi connectivity index (χ0n) is 19.3. The van der Waals surface area contributed by atoms with Crippen molar-refractivity contribution in [2.45, 2.75) is 37.8 Å². The van der Waals surface area contributed by atoms with Crippen LogP contribution in [0.15, 0.2) is 70.6 Å². The van der Waals surface area contributed by atoms with E-state index in [-0.39, 0.29) is 28.4 Å². The van der Waals surface area contributed by atoms with Crippen molar-refractivity contribution in [3.8, 4) is 0 Å². The minimum Gasteiger partial charge on any atom is -0.369 e. The van der Waals surface area contributed by atoms with E-state index >= 15 is 0 Å². The number of benzene rings is 1. The van der Waals surface area contributed by atoms with Gasteiger partial charge in [0.2, 0.25) is 0 Å². The Labute approximate surface area is 204 Å². The van der Waals surface area contributed by atoms with Gasteiger partial charge < -0.3 is 20.4 Å². The van der Waals surface area contributed by atoms with Gasteiger partial charge in [0.05, 0.1) is 17.3 Å². The molecule has 5 rings (SSSR count). The molecule has 0 aliphatic carbocycles. The van der Waals surface area contributed by atoms with E-state index in [0.29, 0.717) is 18.7 Å². The van der Waals surface area contributed by atoms with Crippen LogP contribution in [-0.2, 0) is 21.3 Å². The fraction of sp³-hybridized carbons (Fsp3) is 0.400. The maximum atomic E-state index is 13.8. The SMILES string of the molecule is O=C(NC1CCN(CCCc2ccccc2F)CC1)C1=CC2CNC3=CC=CC(=C1S(=O)(=O)O)N32. The number of rotatable bonds is 7. The molecule has 2 fully saturated rings. The quantitative estimate of drug-likeness (QED) is 0.493. The van der Waals surface area contributed by atoms with Gasteiger partial charge in [-0.05, 0) is 62.1 Å². The lowest BCUT2D eigenvalue weighted by atomic mass is 10.00. The number of carbonyl (C=O) groups excluding carboxylic acids is 1. The average molecular weight is 501 g/mol. The van der Waals surface area contributed by atoms with Gasteiger partial charge in [-0.25, -0.2) is 4.39 Å². The van der Waals surface area contributed by atoms with Gasteiger partial charge in [-0.1, -0.05) is 24.3 Å². The highest BCUT2D eigenvalue weighted by molar-refractivity contribution is 7.90. The van der Waals surface area contributed by atoms with Gasteiger partial charge in [-0.15, -0.1) is 0 Å². The van der Waals surface area contributed by atoms with Gasteiger partial charge in [-0.3, -0.25) is 9.35 Å². The van der Waals surface area contributed by atoms with E-state index in [1.54, 1.807) is 29.2 Å². The third-order valence-electron chi connectivity index (χ3n) is 6.99. The molecule has 0 bridgehead atoms. The minimum absolute atomic E-state index is 0.00864. The van der Waals surface area contributed by atoms with E-state index in [9.17, 15) is 22.2 Å². The molecule has 1 amide bonds. The monoisotopic (exact) mass is 500 g/mol. The first kappa shape index (κ1) is 23.8. The molecule has 1 aromatic carbocycles. The number of aryl methyl sites for hydroxylation is 1. The second kappa shape index (κ2) is 9.60. The summed E-state index contributed by atoms with van der Waals surface area (Å²) in [6.45, 7) is 2.99. The Morgan fingerprint density at radius 1 is 1.23 bits per heavy atom. The van der Waals surface area contributed by atoms with Crippen LogP contribution in [0.1, 0.15) is 24.8 Å². The largest absolute Gasteiger partial charge is 0.369 e. The lowest BCUT2D eigenvalue weighted by molar-refractivity contribution is -0.118. The molecule has 0 aromatic heterocycles. The van der Waals surface area contributed by atoms with E-state index in [1.807, 2.05) is 18.2 Å². The molecule has 1 atom stereocenters. The van der Waals surface area contributed by atoms with E-state index in [4.69, 9.17) is 0 Å². The smallest absolute Gasteiger partial charge is 0.297 e. The molecular weight excluding hydrogens is 471 g/mol. The molecule has 1 unspecified atom stereocenters. The number of piperidine rings is 1. The Balaban J connectivity index is 1.19. The number of likely N-dealkylation sites (tertiary alicyclic amines) is 1. The highest BCUT2D eigenvalue weighted by Gasteiger charge is 2.41. The first-order chi connectivity index (χ1) is 16.8. The van der Waals surface area contributed by atoms with Crippen molar-refractivity contribution in [3.63, 3.8) is 0 Å². The molecule has 10 heteroatoms. The predicted octanol–water partition coefficient (Wildman–Crippen LogP) is 2.06. The molecule has 8 nitrogen and oxygen atoms in total. The predicted molar refractivity (Wildman–Crippen MR) is 130 cm³/mol. The number of nitrogens with one attached hydrogen (secondary N) is 2. The van der Waals surface area contributed by atoms with Crippen molar-refractivity contribution >= 4 is 16.0 Å². The Kier molecular flexibility index (Phi) is 6.52. The Morgan fingerprint density at radius 3 is 2.74 bits per heavy atom. The van der Waals surface area contributed by atoms with Crippen LogP contribution in [-0.4, -0.2) is 66.9 Å². The van der Waals surface area contributed by atoms with Crippen molar-refractivity contribution in [1.29, 1.82) is 0 Å². The first-order valence-corrected chi connectivity index (χ1v) is 13.4. The Hall–Kier alpha value is -2.95. The van der Waals surface area contributed by atoms with Gasteiger partial charge in [0.1, 0.15) is 16.5 Å². The van der Waals surface area contributed by atoms with Crippen molar-refractivity contribution in [1.82, 2.24) is 20.4 Å². The maximum Gasteiger partial charge on any atom is 0.297 e. The Morgan fingerprint density at radius 2 is 2.00 bits per heavy atom. The molecule has 4 aliphatic rings. The number of carbonyl (C=O) groups is 1. The topological polar surface area (TPSA) is 102 Å². The number of allylic oxidation sites excluding steroid dienone is 3. The fourth-order valence-electron chi connectivity index (χ4n) is 5.26. The summed E-state index contributed by atoms with van der Waals surface area (Å²) in [6, 6.07) is 6.54. The number of nitrogens with zero attached hydrogens (tertiary/aromatic N) is 2. The molecule has 3 N–H and O–H groups in total. The van der Waals surface area contributed by atoms with Crippen LogP contribution >= 0.6 is 0 Å². The fourth-order valence-corrected chi connectivity index (χ4v) is 6.12. The highest BCUT2D eigenvalue weighted by Crippen LogP contribution is 2.37. The number of hydrogen-bond acceptors (Lipinski definition) is 6. The summed E-state index contributed by atoms with van der Waals surface area (Å²) in [6.07, 6.45) is 9.76. The molecule has 1 aromatic rings. The summed E-state index contributed by atoms with van der Waals surface area (Å²) >= 11 is 0. The van der Waals surface area contributed by atoms with Crippen LogP contribution in [0.2, 0.25) is 0 Å². The van der Waals surface area contributed by atoms with Gasteiger partial charge >= 0.3 is 0 Å². The number of amides is 1. The molecule has 0 radical (unpaired) electrons. The standard InChI is InChI=1S/C25H29FN4O4S/c26-21-7-2-1-5-17(21)6-4-12-29-13-10-18(11-14-29)28-25(31)20-15-19-16-27-23-9-3-8-22(30(19)23)24(20)35(32,33)34/h1-3,5,7-9,15,18-19,27H,4,6,10-14,16H2,(H,28,31)(H,32,33,34). The van der Waals surface area contributed by atoms with Crippen LogP contribution in [0.25, 0.3) is 0 Å². The normalized spacial score (nSPS) is 22.5. The first-order valence-electron chi connectivity index (χ1n) is 11.9. The summed E-state index contributed by atoms with van der Waals surface area (Å²) in [5, 5.41) is 6.18. The van der Waals surface area contributed by atoms with Crippen molar-refractivity contribution in [2.75, 3.05) is 26.2 Å². The number of halogens is 1. The summed E-state index contributed by atoms with van der Waals surface area (Å²) in [7, 11) is -4.63. The molecule has 4 aliphatic heterocycles. The molecule has 4 heterocycles. The molecule has 186 valence electrons. The molecule has 0 saturated carbocycles. The summed E-state index contributed by atoms with van der Waals surface area (Å²) < 4.78 is 48.4. The lowest BCUT2D eigenvalue weighted by Gasteiger charge is -2.35. The van der Waals surface area contributed by atoms with Gasteiger partial charge in [0.15, 0.2) is 0 Å². The van der Waals surface area contributed by atoms with Crippen LogP contribution in [0.5, 0.6) is 0 Å². The second-order valence-electron chi connectivity index (χ2n) is 9.28. The zero-order chi connectivity index (χ0) is 24.6.